The Labute approximate surface area is 261 Å². The zero-order valence-corrected chi connectivity index (χ0v) is 24.6. The summed E-state index contributed by atoms with van der Waals surface area (Å²) in [5, 5.41) is 7.27. The summed E-state index contributed by atoms with van der Waals surface area (Å²) in [5.41, 5.74) is 11.6. The van der Waals surface area contributed by atoms with Crippen LogP contribution in [0.25, 0.3) is 88.0 Å². The number of benzene rings is 8. The summed E-state index contributed by atoms with van der Waals surface area (Å²) in [6.45, 7) is 0. The van der Waals surface area contributed by atoms with Crippen LogP contribution in [0.1, 0.15) is 0 Å². The molecule has 0 saturated heterocycles. The molecule has 0 radical (unpaired) electrons. The highest BCUT2D eigenvalue weighted by molar-refractivity contribution is 6.22. The van der Waals surface area contributed by atoms with Gasteiger partial charge in [-0.15, -0.1) is 0 Å². The summed E-state index contributed by atoms with van der Waals surface area (Å²) in [5.74, 6) is 0. The maximum absolute atomic E-state index is 6.31. The second kappa shape index (κ2) is 10.4. The minimum Gasteiger partial charge on any atom is -0.456 e. The van der Waals surface area contributed by atoms with Gasteiger partial charge in [-0.1, -0.05) is 152 Å². The van der Waals surface area contributed by atoms with E-state index in [2.05, 4.69) is 158 Å². The van der Waals surface area contributed by atoms with Crippen molar-refractivity contribution in [2.45, 2.75) is 0 Å². The van der Waals surface area contributed by atoms with E-state index in [1.54, 1.807) is 0 Å². The van der Waals surface area contributed by atoms with E-state index >= 15 is 0 Å². The van der Waals surface area contributed by atoms with Gasteiger partial charge in [0.25, 0.3) is 0 Å². The summed E-state index contributed by atoms with van der Waals surface area (Å²) in [4.78, 5) is 0. The molecule has 9 aromatic rings. The zero-order chi connectivity index (χ0) is 29.7. The van der Waals surface area contributed by atoms with E-state index in [0.29, 0.717) is 0 Å². The van der Waals surface area contributed by atoms with Crippen LogP contribution < -0.4 is 0 Å². The van der Waals surface area contributed by atoms with Gasteiger partial charge in [-0.25, -0.2) is 0 Å². The first-order valence-corrected chi connectivity index (χ1v) is 15.4. The molecule has 210 valence electrons. The summed E-state index contributed by atoms with van der Waals surface area (Å²) < 4.78 is 6.31. The molecule has 0 aliphatic heterocycles. The third-order valence-corrected chi connectivity index (χ3v) is 9.10. The molecule has 0 aliphatic carbocycles. The molecule has 0 unspecified atom stereocenters. The molecule has 8 aromatic carbocycles. The van der Waals surface area contributed by atoms with Gasteiger partial charge in [0.1, 0.15) is 11.2 Å². The van der Waals surface area contributed by atoms with E-state index < -0.39 is 0 Å². The first-order valence-electron chi connectivity index (χ1n) is 15.4. The molecule has 1 aromatic heterocycles. The van der Waals surface area contributed by atoms with E-state index in [1.165, 1.54) is 60.5 Å². The second-order valence-corrected chi connectivity index (χ2v) is 11.7. The molecule has 0 fully saturated rings. The van der Waals surface area contributed by atoms with Crippen molar-refractivity contribution in [3.63, 3.8) is 0 Å². The van der Waals surface area contributed by atoms with Crippen molar-refractivity contribution in [3.8, 4) is 44.5 Å². The lowest BCUT2D eigenvalue weighted by atomic mass is 9.85. The van der Waals surface area contributed by atoms with E-state index in [1.807, 2.05) is 12.1 Å². The molecule has 1 nitrogen and oxygen atoms in total. The fourth-order valence-electron chi connectivity index (χ4n) is 6.95. The third kappa shape index (κ3) is 4.24. The Bertz CT molecular complexity index is 2440. The van der Waals surface area contributed by atoms with Crippen molar-refractivity contribution in [2.24, 2.45) is 0 Å². The van der Waals surface area contributed by atoms with E-state index in [0.717, 1.165) is 27.5 Å². The summed E-state index contributed by atoms with van der Waals surface area (Å²) in [6, 6.07) is 61.0. The molecule has 0 atom stereocenters. The topological polar surface area (TPSA) is 13.1 Å². The van der Waals surface area contributed by atoms with Crippen LogP contribution in [0.4, 0.5) is 0 Å². The van der Waals surface area contributed by atoms with Gasteiger partial charge in [0.15, 0.2) is 0 Å². The number of rotatable bonds is 4. The maximum Gasteiger partial charge on any atom is 0.136 e. The molecular formula is C44H28O. The molecule has 1 heteroatoms. The van der Waals surface area contributed by atoms with Crippen molar-refractivity contribution in [3.05, 3.63) is 170 Å². The monoisotopic (exact) mass is 572 g/mol. The van der Waals surface area contributed by atoms with Gasteiger partial charge in [0, 0.05) is 10.8 Å². The molecule has 0 aliphatic rings. The number of para-hydroxylation sites is 1. The lowest BCUT2D eigenvalue weighted by Crippen LogP contribution is -1.91. The van der Waals surface area contributed by atoms with Gasteiger partial charge in [0.2, 0.25) is 0 Å². The largest absolute Gasteiger partial charge is 0.456 e. The van der Waals surface area contributed by atoms with Crippen molar-refractivity contribution in [1.82, 2.24) is 0 Å². The lowest BCUT2D eigenvalue weighted by Gasteiger charge is -2.18. The number of hydrogen-bond donors (Lipinski definition) is 0. The Hall–Kier alpha value is -5.92. The fraction of sp³-hybridized carbons (Fsp3) is 0. The van der Waals surface area contributed by atoms with Gasteiger partial charge in [-0.05, 0) is 84.3 Å². The minimum atomic E-state index is 0.915. The molecular weight excluding hydrogens is 544 g/mol. The van der Waals surface area contributed by atoms with Gasteiger partial charge in [-0.2, -0.15) is 0 Å². The number of hydrogen-bond acceptors (Lipinski definition) is 1. The molecule has 0 N–H and O–H groups in total. The molecule has 0 spiro atoms. The van der Waals surface area contributed by atoms with Crippen molar-refractivity contribution in [2.75, 3.05) is 0 Å². The summed E-state index contributed by atoms with van der Waals surface area (Å²) in [6.07, 6.45) is 0. The Morgan fingerprint density at radius 3 is 1.18 bits per heavy atom. The molecule has 0 bridgehead atoms. The molecule has 9 rings (SSSR count). The average molecular weight is 573 g/mol. The lowest BCUT2D eigenvalue weighted by molar-refractivity contribution is 0.669. The highest BCUT2D eigenvalue weighted by atomic mass is 16.3. The zero-order valence-electron chi connectivity index (χ0n) is 24.6. The highest BCUT2D eigenvalue weighted by Crippen LogP contribution is 2.45. The Kier molecular flexibility index (Phi) is 5.89. The van der Waals surface area contributed by atoms with Crippen molar-refractivity contribution in [1.29, 1.82) is 0 Å². The Morgan fingerprint density at radius 2 is 0.622 bits per heavy atom. The first-order chi connectivity index (χ1) is 22.3. The molecule has 0 amide bonds. The normalized spacial score (nSPS) is 11.6. The van der Waals surface area contributed by atoms with Crippen LogP contribution in [-0.4, -0.2) is 0 Å². The van der Waals surface area contributed by atoms with E-state index in [4.69, 9.17) is 4.42 Å². The maximum atomic E-state index is 6.31. The van der Waals surface area contributed by atoms with Crippen LogP contribution in [0.2, 0.25) is 0 Å². The van der Waals surface area contributed by atoms with Crippen LogP contribution in [0.3, 0.4) is 0 Å². The predicted octanol–water partition coefficient (Wildman–Crippen LogP) is 12.6. The number of fused-ring (bicyclic) bond motifs is 5. The molecule has 1 heterocycles. The highest BCUT2D eigenvalue weighted by Gasteiger charge is 2.18. The quantitative estimate of drug-likeness (QED) is 0.191. The van der Waals surface area contributed by atoms with Crippen LogP contribution >= 0.6 is 0 Å². The van der Waals surface area contributed by atoms with Gasteiger partial charge < -0.3 is 4.42 Å². The first kappa shape index (κ1) is 25.6. The second-order valence-electron chi connectivity index (χ2n) is 11.7. The predicted molar refractivity (Wildman–Crippen MR) is 190 cm³/mol. The third-order valence-electron chi connectivity index (χ3n) is 9.10. The van der Waals surface area contributed by atoms with Crippen LogP contribution in [0, 0.1) is 0 Å². The fourth-order valence-corrected chi connectivity index (χ4v) is 6.95. The SMILES string of the molecule is c1ccc(-c2ccc(-c3ccc(-c4c5ccccc5c(-c5ccc6c(c5)oc5ccccc56)c5ccccc45)cc3)cc2)cc1. The smallest absolute Gasteiger partial charge is 0.136 e. The van der Waals surface area contributed by atoms with Gasteiger partial charge >= 0.3 is 0 Å². The molecule has 45 heavy (non-hydrogen) atoms. The molecule has 0 saturated carbocycles. The average Bonchev–Trinajstić information content (AvgIpc) is 3.49. The van der Waals surface area contributed by atoms with Crippen LogP contribution in [-0.2, 0) is 0 Å². The number of furan rings is 1. The van der Waals surface area contributed by atoms with Crippen molar-refractivity contribution >= 4 is 43.5 Å². The summed E-state index contributed by atoms with van der Waals surface area (Å²) in [7, 11) is 0. The minimum absolute atomic E-state index is 0.915. The standard InChI is InChI=1S/C44H28O/c1-2-10-29(11-3-1)30-18-20-31(21-19-30)32-22-24-33(25-23-32)43-37-13-4-6-15-39(37)44(40-16-7-5-14-38(40)43)34-26-27-36-35-12-8-9-17-41(35)45-42(36)28-34/h1-28H. The van der Waals surface area contributed by atoms with Crippen LogP contribution in [0.5, 0.6) is 0 Å². The van der Waals surface area contributed by atoms with Crippen LogP contribution in [0.15, 0.2) is 174 Å². The summed E-state index contributed by atoms with van der Waals surface area (Å²) >= 11 is 0. The van der Waals surface area contributed by atoms with Gasteiger partial charge in [0.05, 0.1) is 0 Å². The Balaban J connectivity index is 1.18. The Morgan fingerprint density at radius 1 is 0.244 bits per heavy atom. The van der Waals surface area contributed by atoms with Crippen molar-refractivity contribution < 1.29 is 4.42 Å². The van der Waals surface area contributed by atoms with Gasteiger partial charge in [-0.3, -0.25) is 0 Å². The van der Waals surface area contributed by atoms with E-state index in [-0.39, 0.29) is 0 Å². The van der Waals surface area contributed by atoms with E-state index in [9.17, 15) is 0 Å².